The molecule has 27 heavy (non-hydrogen) atoms. The summed E-state index contributed by atoms with van der Waals surface area (Å²) < 4.78 is 4.99. The normalized spacial score (nSPS) is 14.7. The molecular weight excluding hydrogens is 360 g/mol. The van der Waals surface area contributed by atoms with E-state index < -0.39 is 0 Å². The SMILES string of the molecule is C(#Cc1cccnc1)c1ccccc1.O=C1NC[C@H](c2ccccc2Cl)O1. The van der Waals surface area contributed by atoms with E-state index >= 15 is 0 Å². The zero-order chi connectivity index (χ0) is 18.9. The van der Waals surface area contributed by atoms with Crippen LogP contribution in [0.1, 0.15) is 22.8 Å². The Morgan fingerprint density at radius 3 is 2.33 bits per heavy atom. The number of hydrogen-bond donors (Lipinski definition) is 1. The monoisotopic (exact) mass is 376 g/mol. The molecule has 4 nitrogen and oxygen atoms in total. The lowest BCUT2D eigenvalue weighted by Crippen LogP contribution is -2.12. The van der Waals surface area contributed by atoms with Gasteiger partial charge in [-0.05, 0) is 30.3 Å². The van der Waals surface area contributed by atoms with Crippen LogP contribution in [0.3, 0.4) is 0 Å². The maximum absolute atomic E-state index is 10.8. The van der Waals surface area contributed by atoms with E-state index in [9.17, 15) is 4.79 Å². The van der Waals surface area contributed by atoms with Crippen molar-refractivity contribution in [3.8, 4) is 11.8 Å². The van der Waals surface area contributed by atoms with E-state index in [0.717, 1.165) is 16.7 Å². The number of aromatic nitrogens is 1. The lowest BCUT2D eigenvalue weighted by molar-refractivity contribution is 0.141. The molecule has 0 unspecified atom stereocenters. The maximum atomic E-state index is 10.8. The molecule has 2 aromatic carbocycles. The van der Waals surface area contributed by atoms with Crippen molar-refractivity contribution in [3.05, 3.63) is 101 Å². The molecule has 1 aliphatic heterocycles. The number of carbonyl (C=O) groups is 1. The second-order valence-electron chi connectivity index (χ2n) is 5.65. The van der Waals surface area contributed by atoms with Gasteiger partial charge in [-0.25, -0.2) is 4.79 Å². The predicted octanol–water partition coefficient (Wildman–Crippen LogP) is 4.60. The lowest BCUT2D eigenvalue weighted by atomic mass is 10.1. The Labute approximate surface area is 163 Å². The van der Waals surface area contributed by atoms with Crippen LogP contribution >= 0.6 is 11.6 Å². The van der Waals surface area contributed by atoms with Crippen LogP contribution in [0.5, 0.6) is 0 Å². The van der Waals surface area contributed by atoms with Gasteiger partial charge in [0.1, 0.15) is 6.10 Å². The molecule has 0 spiro atoms. The van der Waals surface area contributed by atoms with Gasteiger partial charge in [0.15, 0.2) is 0 Å². The zero-order valence-electron chi connectivity index (χ0n) is 14.4. The molecule has 0 saturated carbocycles. The number of pyridine rings is 1. The average Bonchev–Trinajstić information content (AvgIpc) is 3.15. The summed E-state index contributed by atoms with van der Waals surface area (Å²) in [7, 11) is 0. The highest BCUT2D eigenvalue weighted by Gasteiger charge is 2.25. The molecule has 0 radical (unpaired) electrons. The minimum Gasteiger partial charge on any atom is -0.439 e. The quantitative estimate of drug-likeness (QED) is 0.631. The van der Waals surface area contributed by atoms with Gasteiger partial charge in [-0.1, -0.05) is 59.8 Å². The van der Waals surface area contributed by atoms with Crippen molar-refractivity contribution in [2.45, 2.75) is 6.10 Å². The Morgan fingerprint density at radius 2 is 1.67 bits per heavy atom. The Kier molecular flexibility index (Phi) is 6.45. The van der Waals surface area contributed by atoms with E-state index in [1.807, 2.05) is 60.7 Å². The highest BCUT2D eigenvalue weighted by atomic mass is 35.5. The molecule has 1 aliphatic rings. The topological polar surface area (TPSA) is 51.2 Å². The molecule has 1 fully saturated rings. The summed E-state index contributed by atoms with van der Waals surface area (Å²) in [5, 5.41) is 3.20. The molecule has 1 aromatic heterocycles. The molecule has 3 aromatic rings. The third-order valence-corrected chi connectivity index (χ3v) is 4.06. The van der Waals surface area contributed by atoms with E-state index in [1.165, 1.54) is 0 Å². The number of cyclic esters (lactones) is 1. The number of rotatable bonds is 1. The predicted molar refractivity (Wildman–Crippen MR) is 105 cm³/mol. The average molecular weight is 377 g/mol. The van der Waals surface area contributed by atoms with Crippen LogP contribution in [-0.4, -0.2) is 17.6 Å². The fraction of sp³-hybridized carbons (Fsp3) is 0.0909. The standard InChI is InChI=1S/C13H9N.C9H8ClNO2/c1-2-5-12(6-3-1)8-9-13-7-4-10-14-11-13;10-7-4-2-1-3-6(7)8-5-11-9(12)13-8/h1-7,10-11H;1-4,8H,5H2,(H,11,12)/t;8-/m.1/s1. The Morgan fingerprint density at radius 1 is 0.963 bits per heavy atom. The van der Waals surface area contributed by atoms with Crippen LogP contribution < -0.4 is 5.32 Å². The van der Waals surface area contributed by atoms with Crippen LogP contribution in [0, 0.1) is 11.8 Å². The van der Waals surface area contributed by atoms with Gasteiger partial charge < -0.3 is 10.1 Å². The van der Waals surface area contributed by atoms with Crippen molar-refractivity contribution in [2.75, 3.05) is 6.54 Å². The number of hydrogen-bond acceptors (Lipinski definition) is 3. The Balaban J connectivity index is 0.000000156. The van der Waals surface area contributed by atoms with Gasteiger partial charge in [-0.3, -0.25) is 4.98 Å². The Hall–Kier alpha value is -3.29. The maximum Gasteiger partial charge on any atom is 0.407 e. The first-order valence-corrected chi connectivity index (χ1v) is 8.76. The van der Waals surface area contributed by atoms with Crippen LogP contribution in [0.25, 0.3) is 0 Å². The lowest BCUT2D eigenvalue weighted by Gasteiger charge is -2.08. The van der Waals surface area contributed by atoms with Gasteiger partial charge in [0.2, 0.25) is 0 Å². The van der Waals surface area contributed by atoms with Crippen molar-refractivity contribution in [1.29, 1.82) is 0 Å². The fourth-order valence-electron chi connectivity index (χ4n) is 2.40. The van der Waals surface area contributed by atoms with Crippen LogP contribution in [0.4, 0.5) is 4.79 Å². The number of amides is 1. The summed E-state index contributed by atoms with van der Waals surface area (Å²) in [5.74, 6) is 6.12. The first-order chi connectivity index (χ1) is 13.2. The first kappa shape index (κ1) is 18.5. The van der Waals surface area contributed by atoms with Crippen molar-refractivity contribution in [1.82, 2.24) is 10.3 Å². The van der Waals surface area contributed by atoms with Crippen LogP contribution in [0.15, 0.2) is 79.1 Å². The van der Waals surface area contributed by atoms with Crippen molar-refractivity contribution >= 4 is 17.7 Å². The van der Waals surface area contributed by atoms with Gasteiger partial charge in [0.05, 0.1) is 6.54 Å². The molecule has 0 bridgehead atoms. The molecule has 134 valence electrons. The molecule has 2 heterocycles. The van der Waals surface area contributed by atoms with Gasteiger partial charge >= 0.3 is 6.09 Å². The molecule has 4 rings (SSSR count). The van der Waals surface area contributed by atoms with Crippen LogP contribution in [-0.2, 0) is 4.74 Å². The van der Waals surface area contributed by atoms with Gasteiger partial charge in [0.25, 0.3) is 0 Å². The van der Waals surface area contributed by atoms with E-state index in [0.29, 0.717) is 11.6 Å². The number of nitrogens with zero attached hydrogens (tertiary/aromatic N) is 1. The van der Waals surface area contributed by atoms with Crippen molar-refractivity contribution in [2.24, 2.45) is 0 Å². The second-order valence-corrected chi connectivity index (χ2v) is 6.06. The minimum atomic E-state index is -0.384. The number of halogens is 1. The van der Waals surface area contributed by atoms with Crippen LogP contribution in [0.2, 0.25) is 5.02 Å². The Bertz CT molecular complexity index is 907. The molecule has 0 aliphatic carbocycles. The third-order valence-electron chi connectivity index (χ3n) is 3.72. The molecule has 5 heteroatoms. The largest absolute Gasteiger partial charge is 0.439 e. The smallest absolute Gasteiger partial charge is 0.407 e. The molecular formula is C22H17ClN2O2. The zero-order valence-corrected chi connectivity index (χ0v) is 15.2. The van der Waals surface area contributed by atoms with Crippen molar-refractivity contribution in [3.63, 3.8) is 0 Å². The summed E-state index contributed by atoms with van der Waals surface area (Å²) >= 11 is 5.93. The number of nitrogens with one attached hydrogen (secondary N) is 1. The molecule has 1 saturated heterocycles. The number of benzene rings is 2. The van der Waals surface area contributed by atoms with Gasteiger partial charge in [0, 0.05) is 34.1 Å². The van der Waals surface area contributed by atoms with E-state index in [1.54, 1.807) is 18.5 Å². The third kappa shape index (κ3) is 5.60. The molecule has 1 atom stereocenters. The second kappa shape index (κ2) is 9.42. The minimum absolute atomic E-state index is 0.249. The van der Waals surface area contributed by atoms with E-state index in [2.05, 4.69) is 22.1 Å². The summed E-state index contributed by atoms with van der Waals surface area (Å²) in [6.07, 6.45) is 2.87. The van der Waals surface area contributed by atoms with E-state index in [4.69, 9.17) is 16.3 Å². The fourth-order valence-corrected chi connectivity index (χ4v) is 2.66. The summed E-state index contributed by atoms with van der Waals surface area (Å²) in [6, 6.07) is 21.1. The number of ether oxygens (including phenoxy) is 1. The van der Waals surface area contributed by atoms with Gasteiger partial charge in [-0.15, -0.1) is 0 Å². The molecule has 1 N–H and O–H groups in total. The van der Waals surface area contributed by atoms with Gasteiger partial charge in [-0.2, -0.15) is 0 Å². The summed E-state index contributed by atoms with van der Waals surface area (Å²) in [4.78, 5) is 14.8. The summed E-state index contributed by atoms with van der Waals surface area (Å²) in [6.45, 7) is 0.489. The number of alkyl carbamates (subject to hydrolysis) is 1. The first-order valence-electron chi connectivity index (χ1n) is 8.38. The summed E-state index contributed by atoms with van der Waals surface area (Å²) in [5.41, 5.74) is 2.82. The molecule has 1 amide bonds. The highest BCUT2D eigenvalue weighted by molar-refractivity contribution is 6.31. The highest BCUT2D eigenvalue weighted by Crippen LogP contribution is 2.27. The van der Waals surface area contributed by atoms with E-state index in [-0.39, 0.29) is 12.2 Å². The number of carbonyl (C=O) groups excluding carboxylic acids is 1. The van der Waals surface area contributed by atoms with Crippen molar-refractivity contribution < 1.29 is 9.53 Å².